The molecule has 2 atom stereocenters. The van der Waals surface area contributed by atoms with Crippen molar-refractivity contribution in [1.82, 2.24) is 0 Å². The lowest BCUT2D eigenvalue weighted by Crippen LogP contribution is -2.44. The van der Waals surface area contributed by atoms with Crippen molar-refractivity contribution in [3.8, 4) is 0 Å². The van der Waals surface area contributed by atoms with Crippen LogP contribution in [0.1, 0.15) is 37.3 Å². The van der Waals surface area contributed by atoms with Crippen molar-refractivity contribution in [2.24, 2.45) is 11.7 Å². The molecular weight excluding hydrogens is 222 g/mol. The number of hydrogen-bond donors (Lipinski definition) is 1. The highest BCUT2D eigenvalue weighted by atomic mass is 16.5. The van der Waals surface area contributed by atoms with Gasteiger partial charge in [-0.2, -0.15) is 0 Å². The maximum atomic E-state index is 6.18. The number of ether oxygens (including phenoxy) is 1. The van der Waals surface area contributed by atoms with E-state index in [1.165, 1.54) is 30.4 Å². The fraction of sp³-hybridized carbons (Fsp3) is 0.625. The Bertz CT molecular complexity index is 390. The van der Waals surface area contributed by atoms with E-state index in [0.717, 1.165) is 19.6 Å². The second-order valence-electron chi connectivity index (χ2n) is 5.55. The normalized spacial score (nSPS) is 24.6. The highest BCUT2D eigenvalue weighted by Crippen LogP contribution is 2.43. The molecule has 1 aliphatic carbocycles. The largest absolute Gasteiger partial charge is 0.385 e. The van der Waals surface area contributed by atoms with E-state index < -0.39 is 0 Å². The number of nitrogens with two attached hydrogens (primary N) is 1. The molecule has 0 saturated heterocycles. The van der Waals surface area contributed by atoms with Crippen LogP contribution in [0.4, 0.5) is 0 Å². The Hall–Kier alpha value is -0.860. The maximum absolute atomic E-state index is 6.18. The third-order valence-corrected chi connectivity index (χ3v) is 4.69. The predicted molar refractivity (Wildman–Crippen MR) is 75.8 cm³/mol. The molecule has 1 aromatic rings. The molecule has 2 nitrogen and oxygen atoms in total. The minimum Gasteiger partial charge on any atom is -0.385 e. The standard InChI is InChI=1S/C16H25NO/c1-13(9-11-18-2)16(12-17)10-5-7-14-6-3-4-8-15(14)16/h3-4,6,8,13H,5,7,9-12,17H2,1-2H3. The predicted octanol–water partition coefficient (Wildman–Crippen LogP) is 2.89. The molecule has 0 spiro atoms. The van der Waals surface area contributed by atoms with Crippen LogP contribution in [0.15, 0.2) is 24.3 Å². The molecule has 100 valence electrons. The average molecular weight is 247 g/mol. The first-order valence-electron chi connectivity index (χ1n) is 7.02. The maximum Gasteiger partial charge on any atom is 0.0465 e. The van der Waals surface area contributed by atoms with Crippen molar-refractivity contribution in [2.45, 2.75) is 38.0 Å². The van der Waals surface area contributed by atoms with Crippen LogP contribution < -0.4 is 5.73 Å². The summed E-state index contributed by atoms with van der Waals surface area (Å²) in [5, 5.41) is 0. The Morgan fingerprint density at radius 2 is 2.17 bits per heavy atom. The van der Waals surface area contributed by atoms with Crippen molar-refractivity contribution >= 4 is 0 Å². The van der Waals surface area contributed by atoms with Gasteiger partial charge in [0.2, 0.25) is 0 Å². The van der Waals surface area contributed by atoms with Gasteiger partial charge in [0.25, 0.3) is 0 Å². The van der Waals surface area contributed by atoms with E-state index in [1.54, 1.807) is 7.11 Å². The molecule has 0 fully saturated rings. The van der Waals surface area contributed by atoms with Crippen LogP contribution in [0.2, 0.25) is 0 Å². The van der Waals surface area contributed by atoms with Crippen molar-refractivity contribution in [2.75, 3.05) is 20.3 Å². The monoisotopic (exact) mass is 247 g/mol. The minimum atomic E-state index is 0.160. The minimum absolute atomic E-state index is 0.160. The molecule has 2 rings (SSSR count). The van der Waals surface area contributed by atoms with E-state index in [0.29, 0.717) is 5.92 Å². The van der Waals surface area contributed by atoms with Gasteiger partial charge in [-0.15, -0.1) is 0 Å². The van der Waals surface area contributed by atoms with Gasteiger partial charge in [-0.1, -0.05) is 31.2 Å². The van der Waals surface area contributed by atoms with E-state index in [2.05, 4.69) is 31.2 Å². The Labute approximate surface area is 111 Å². The zero-order valence-electron chi connectivity index (χ0n) is 11.6. The van der Waals surface area contributed by atoms with Gasteiger partial charge in [0.05, 0.1) is 0 Å². The SMILES string of the molecule is COCCC(C)C1(CN)CCCc2ccccc21. The molecule has 2 N–H and O–H groups in total. The Kier molecular flexibility index (Phi) is 4.41. The highest BCUT2D eigenvalue weighted by Gasteiger charge is 2.39. The van der Waals surface area contributed by atoms with E-state index in [9.17, 15) is 0 Å². The summed E-state index contributed by atoms with van der Waals surface area (Å²) in [6.45, 7) is 3.90. The third kappa shape index (κ3) is 2.32. The number of methoxy groups -OCH3 is 1. The summed E-state index contributed by atoms with van der Waals surface area (Å²) in [6, 6.07) is 8.84. The number of aryl methyl sites for hydroxylation is 1. The number of benzene rings is 1. The van der Waals surface area contributed by atoms with Gasteiger partial charge in [0.1, 0.15) is 0 Å². The smallest absolute Gasteiger partial charge is 0.0465 e. The van der Waals surface area contributed by atoms with Crippen LogP contribution in [-0.2, 0) is 16.6 Å². The number of rotatable bonds is 5. The highest BCUT2D eigenvalue weighted by molar-refractivity contribution is 5.37. The van der Waals surface area contributed by atoms with Crippen LogP contribution in [0.25, 0.3) is 0 Å². The lowest BCUT2D eigenvalue weighted by molar-refractivity contribution is 0.147. The van der Waals surface area contributed by atoms with Crippen LogP contribution in [-0.4, -0.2) is 20.3 Å². The van der Waals surface area contributed by atoms with E-state index in [-0.39, 0.29) is 5.41 Å². The first-order chi connectivity index (χ1) is 8.74. The summed E-state index contributed by atoms with van der Waals surface area (Å²) in [6.07, 6.45) is 4.76. The molecule has 2 heteroatoms. The van der Waals surface area contributed by atoms with Crippen LogP contribution >= 0.6 is 0 Å². The molecule has 0 aliphatic heterocycles. The van der Waals surface area contributed by atoms with Crippen molar-refractivity contribution in [1.29, 1.82) is 0 Å². The summed E-state index contributed by atoms with van der Waals surface area (Å²) in [5.41, 5.74) is 9.33. The van der Waals surface area contributed by atoms with Gasteiger partial charge >= 0.3 is 0 Å². The summed E-state index contributed by atoms with van der Waals surface area (Å²) >= 11 is 0. The van der Waals surface area contributed by atoms with Crippen molar-refractivity contribution in [3.05, 3.63) is 35.4 Å². The molecule has 0 bridgehead atoms. The van der Waals surface area contributed by atoms with Gasteiger partial charge in [0.15, 0.2) is 0 Å². The van der Waals surface area contributed by atoms with E-state index in [4.69, 9.17) is 10.5 Å². The number of hydrogen-bond acceptors (Lipinski definition) is 2. The first kappa shape index (κ1) is 13.6. The molecule has 1 aliphatic rings. The summed E-state index contributed by atoms with van der Waals surface area (Å²) in [7, 11) is 1.77. The molecule has 0 radical (unpaired) electrons. The Morgan fingerprint density at radius 3 is 2.89 bits per heavy atom. The van der Waals surface area contributed by atoms with Crippen LogP contribution in [0, 0.1) is 5.92 Å². The van der Waals surface area contributed by atoms with Gasteiger partial charge in [0, 0.05) is 25.7 Å². The summed E-state index contributed by atoms with van der Waals surface area (Å²) < 4.78 is 5.24. The average Bonchev–Trinajstić information content (AvgIpc) is 2.44. The van der Waals surface area contributed by atoms with Gasteiger partial charge in [-0.3, -0.25) is 0 Å². The van der Waals surface area contributed by atoms with Gasteiger partial charge < -0.3 is 10.5 Å². The van der Waals surface area contributed by atoms with Gasteiger partial charge in [-0.05, 0) is 42.7 Å². The molecular formula is C16H25NO. The molecule has 2 unspecified atom stereocenters. The topological polar surface area (TPSA) is 35.2 Å². The van der Waals surface area contributed by atoms with E-state index in [1.807, 2.05) is 0 Å². The first-order valence-corrected chi connectivity index (χ1v) is 7.02. The molecule has 0 aromatic heterocycles. The van der Waals surface area contributed by atoms with Crippen molar-refractivity contribution < 1.29 is 4.74 Å². The molecule has 18 heavy (non-hydrogen) atoms. The zero-order chi connectivity index (χ0) is 13.0. The van der Waals surface area contributed by atoms with Crippen LogP contribution in [0.5, 0.6) is 0 Å². The molecule has 0 amide bonds. The molecule has 1 aromatic carbocycles. The van der Waals surface area contributed by atoms with Gasteiger partial charge in [-0.25, -0.2) is 0 Å². The fourth-order valence-electron chi connectivity index (χ4n) is 3.45. The lowest BCUT2D eigenvalue weighted by atomic mass is 9.62. The summed E-state index contributed by atoms with van der Waals surface area (Å²) in [5.74, 6) is 0.573. The van der Waals surface area contributed by atoms with Crippen LogP contribution in [0.3, 0.4) is 0 Å². The lowest BCUT2D eigenvalue weighted by Gasteiger charge is -2.43. The number of fused-ring (bicyclic) bond motifs is 1. The van der Waals surface area contributed by atoms with E-state index >= 15 is 0 Å². The van der Waals surface area contributed by atoms with Crippen molar-refractivity contribution in [3.63, 3.8) is 0 Å². The summed E-state index contributed by atoms with van der Waals surface area (Å²) in [4.78, 5) is 0. The quantitative estimate of drug-likeness (QED) is 0.868. The second kappa shape index (κ2) is 5.85. The zero-order valence-corrected chi connectivity index (χ0v) is 11.6. The third-order valence-electron chi connectivity index (χ3n) is 4.69. The Balaban J connectivity index is 2.32. The molecule has 0 saturated carbocycles. The second-order valence-corrected chi connectivity index (χ2v) is 5.55. The fourth-order valence-corrected chi connectivity index (χ4v) is 3.45. The Morgan fingerprint density at radius 1 is 1.39 bits per heavy atom. The molecule has 0 heterocycles.